The van der Waals surface area contributed by atoms with Gasteiger partial charge < -0.3 is 5.73 Å². The minimum atomic E-state index is -3.55. The molecule has 0 aromatic rings. The van der Waals surface area contributed by atoms with E-state index in [-0.39, 0.29) is 12.3 Å². The molecule has 0 aromatic carbocycles. The van der Waals surface area contributed by atoms with Crippen LogP contribution in [0, 0.1) is 0 Å². The van der Waals surface area contributed by atoms with Gasteiger partial charge in [0.05, 0.1) is 5.75 Å². The maximum Gasteiger partial charge on any atom is 0.226 e. The van der Waals surface area contributed by atoms with Crippen molar-refractivity contribution in [1.29, 1.82) is 0 Å². The van der Waals surface area contributed by atoms with Gasteiger partial charge in [-0.15, -0.1) is 5.14 Å². The van der Waals surface area contributed by atoms with Gasteiger partial charge in [0.15, 0.2) is 0 Å². The first kappa shape index (κ1) is 6.87. The quantitative estimate of drug-likeness (QED) is 0.488. The third-order valence-corrected chi connectivity index (χ3v) is 1.16. The Bertz CT molecular complexity index is 127. The zero-order valence-electron chi connectivity index (χ0n) is 3.72. The lowest BCUT2D eigenvalue weighted by atomic mass is 10.8. The van der Waals surface area contributed by atoms with Crippen molar-refractivity contribution in [2.75, 3.05) is 12.3 Å². The minimum absolute atomic E-state index is 0.0336. The molecule has 4 nitrogen and oxygen atoms in total. The highest BCUT2D eigenvalue weighted by Crippen LogP contribution is 1.72. The summed E-state index contributed by atoms with van der Waals surface area (Å²) in [6.45, 7) is 0.0336. The van der Waals surface area contributed by atoms with Crippen molar-refractivity contribution in [3.8, 4) is 0 Å². The molecule has 0 saturated heterocycles. The minimum Gasteiger partial charge on any atom is -0.329 e. The van der Waals surface area contributed by atoms with Gasteiger partial charge >= 0.3 is 0 Å². The molecule has 3 N–H and O–H groups in total. The summed E-state index contributed by atoms with van der Waals surface area (Å²) in [6, 6.07) is 0. The van der Waals surface area contributed by atoms with Crippen LogP contribution in [0.4, 0.5) is 0 Å². The van der Waals surface area contributed by atoms with Crippen molar-refractivity contribution in [3.63, 3.8) is 0 Å². The molecule has 0 aliphatic heterocycles. The molecule has 0 aliphatic carbocycles. The highest BCUT2D eigenvalue weighted by molar-refractivity contribution is 7.88. The molecular formula is C2H7N2O2S. The molecule has 43 valence electrons. The monoisotopic (exact) mass is 123 g/mol. The summed E-state index contributed by atoms with van der Waals surface area (Å²) < 4.78 is 19.6. The molecule has 0 unspecified atom stereocenters. The van der Waals surface area contributed by atoms with Crippen molar-refractivity contribution in [2.45, 2.75) is 0 Å². The molecule has 0 atom stereocenters. The van der Waals surface area contributed by atoms with Crippen molar-refractivity contribution in [2.24, 2.45) is 5.73 Å². The van der Waals surface area contributed by atoms with Gasteiger partial charge in [0.2, 0.25) is 10.0 Å². The average molecular weight is 123 g/mol. The first-order chi connectivity index (χ1) is 3.06. The fourth-order valence-electron chi connectivity index (χ4n) is 0.155. The molecule has 0 aliphatic rings. The smallest absolute Gasteiger partial charge is 0.226 e. The Morgan fingerprint density at radius 3 is 2.00 bits per heavy atom. The van der Waals surface area contributed by atoms with Gasteiger partial charge in [-0.25, -0.2) is 8.42 Å². The summed E-state index contributed by atoms with van der Waals surface area (Å²) in [5, 5.41) is 6.22. The van der Waals surface area contributed by atoms with E-state index in [9.17, 15) is 8.42 Å². The number of sulfonamides is 1. The van der Waals surface area contributed by atoms with Crippen LogP contribution in [0.25, 0.3) is 0 Å². The van der Waals surface area contributed by atoms with E-state index < -0.39 is 10.0 Å². The van der Waals surface area contributed by atoms with E-state index in [0.29, 0.717) is 0 Å². The second-order valence-corrected chi connectivity index (χ2v) is 2.75. The number of hydrogen-bond donors (Lipinski definition) is 1. The van der Waals surface area contributed by atoms with E-state index in [1.807, 2.05) is 0 Å². The fourth-order valence-corrected chi connectivity index (χ4v) is 0.465. The van der Waals surface area contributed by atoms with Crippen LogP contribution in [0.1, 0.15) is 0 Å². The summed E-state index contributed by atoms with van der Waals surface area (Å²) in [6.07, 6.45) is 0. The van der Waals surface area contributed by atoms with Crippen molar-refractivity contribution in [3.05, 3.63) is 0 Å². The molecule has 0 amide bonds. The van der Waals surface area contributed by atoms with Gasteiger partial charge in [0.25, 0.3) is 0 Å². The molecule has 0 fully saturated rings. The predicted octanol–water partition coefficient (Wildman–Crippen LogP) is -1.44. The van der Waals surface area contributed by atoms with Gasteiger partial charge in [-0.2, -0.15) is 0 Å². The second kappa shape index (κ2) is 2.25. The number of nitrogens with two attached hydrogens (primary N) is 1. The normalized spacial score (nSPS) is 11.7. The topological polar surface area (TPSA) is 84.0 Å². The number of hydrogen-bond acceptors (Lipinski definition) is 3. The van der Waals surface area contributed by atoms with Gasteiger partial charge in [0.1, 0.15) is 0 Å². The molecule has 5 heteroatoms. The van der Waals surface area contributed by atoms with Crippen molar-refractivity contribution >= 4 is 10.0 Å². The Kier molecular flexibility index (Phi) is 2.21. The molecule has 1 radical (unpaired) electrons. The van der Waals surface area contributed by atoms with Crippen molar-refractivity contribution in [1.82, 2.24) is 5.14 Å². The number of rotatable bonds is 2. The summed E-state index contributed by atoms with van der Waals surface area (Å²) in [4.78, 5) is 0. The first-order valence-corrected chi connectivity index (χ1v) is 3.39. The maximum absolute atomic E-state index is 9.82. The summed E-state index contributed by atoms with van der Waals surface area (Å²) in [5.41, 5.74) is 4.82. The standard InChI is InChI=1S/C2H7N2O2S/c3-1-2-7(4,5)6/h4H,1-3H2. The maximum atomic E-state index is 9.82. The van der Waals surface area contributed by atoms with E-state index in [1.165, 1.54) is 0 Å². The SMILES string of the molecule is [NH]S(=O)(=O)CCN. The van der Waals surface area contributed by atoms with Gasteiger partial charge in [-0.3, -0.25) is 0 Å². The van der Waals surface area contributed by atoms with Gasteiger partial charge in [-0.1, -0.05) is 0 Å². The Hall–Kier alpha value is -0.130. The molecule has 0 rings (SSSR count). The van der Waals surface area contributed by atoms with E-state index in [4.69, 9.17) is 10.9 Å². The molecule has 7 heavy (non-hydrogen) atoms. The zero-order valence-corrected chi connectivity index (χ0v) is 4.53. The van der Waals surface area contributed by atoms with Crippen LogP contribution < -0.4 is 10.9 Å². The molecule has 0 aromatic heterocycles. The third kappa shape index (κ3) is 5.87. The third-order valence-electron chi connectivity index (χ3n) is 0.387. The van der Waals surface area contributed by atoms with E-state index in [1.54, 1.807) is 0 Å². The lowest BCUT2D eigenvalue weighted by Gasteiger charge is -1.86. The zero-order chi connectivity index (χ0) is 5.91. The lowest BCUT2D eigenvalue weighted by molar-refractivity contribution is 0.596. The highest BCUT2D eigenvalue weighted by Gasteiger charge is 1.97. The molecule has 0 saturated carbocycles. The summed E-state index contributed by atoms with van der Waals surface area (Å²) in [5.74, 6) is -0.243. The average Bonchev–Trinajstić information content (AvgIpc) is 1.30. The van der Waals surface area contributed by atoms with E-state index in [2.05, 4.69) is 0 Å². The van der Waals surface area contributed by atoms with E-state index >= 15 is 0 Å². The fraction of sp³-hybridized carbons (Fsp3) is 1.00. The Balaban J connectivity index is 3.60. The molecule has 0 spiro atoms. The van der Waals surface area contributed by atoms with E-state index in [0.717, 1.165) is 0 Å². The summed E-state index contributed by atoms with van der Waals surface area (Å²) in [7, 11) is -3.55. The van der Waals surface area contributed by atoms with Gasteiger partial charge in [0, 0.05) is 6.54 Å². The second-order valence-electron chi connectivity index (χ2n) is 1.11. The van der Waals surface area contributed by atoms with Crippen LogP contribution in [0.3, 0.4) is 0 Å². The Morgan fingerprint density at radius 1 is 1.57 bits per heavy atom. The Labute approximate surface area is 42.5 Å². The summed E-state index contributed by atoms with van der Waals surface area (Å²) >= 11 is 0. The molecule has 0 bridgehead atoms. The predicted molar refractivity (Wildman–Crippen MR) is 25.9 cm³/mol. The van der Waals surface area contributed by atoms with Crippen LogP contribution in [-0.2, 0) is 10.0 Å². The molecular weight excluding hydrogens is 116 g/mol. The van der Waals surface area contributed by atoms with Crippen LogP contribution in [0.2, 0.25) is 0 Å². The van der Waals surface area contributed by atoms with Crippen LogP contribution >= 0.6 is 0 Å². The molecule has 0 heterocycles. The van der Waals surface area contributed by atoms with Crippen LogP contribution in [0.15, 0.2) is 0 Å². The van der Waals surface area contributed by atoms with Crippen LogP contribution in [0.5, 0.6) is 0 Å². The Morgan fingerprint density at radius 2 is 2.00 bits per heavy atom. The highest BCUT2D eigenvalue weighted by atomic mass is 32.2. The van der Waals surface area contributed by atoms with Crippen molar-refractivity contribution < 1.29 is 8.42 Å². The first-order valence-electron chi connectivity index (χ1n) is 1.73. The lowest BCUT2D eigenvalue weighted by Crippen LogP contribution is -2.15. The number of nitrogens with one attached hydrogen (secondary N) is 1. The largest absolute Gasteiger partial charge is 0.329 e. The van der Waals surface area contributed by atoms with Gasteiger partial charge in [-0.05, 0) is 0 Å². The van der Waals surface area contributed by atoms with Crippen LogP contribution in [-0.4, -0.2) is 20.7 Å².